The van der Waals surface area contributed by atoms with Gasteiger partial charge in [-0.1, -0.05) is 43.1 Å². The third-order valence-corrected chi connectivity index (χ3v) is 5.63. The van der Waals surface area contributed by atoms with Crippen molar-refractivity contribution in [2.75, 3.05) is 0 Å². The molecule has 168 valence electrons. The summed E-state index contributed by atoms with van der Waals surface area (Å²) in [5, 5.41) is -0.0484. The Hall–Kier alpha value is -3.25. The highest BCUT2D eigenvalue weighted by Gasteiger charge is 2.16. The molecule has 3 aromatic carbocycles. The monoisotopic (exact) mass is 470 g/mol. The molecule has 0 N–H and O–H groups in total. The van der Waals surface area contributed by atoms with Gasteiger partial charge in [0, 0.05) is 29.1 Å². The highest BCUT2D eigenvalue weighted by atomic mass is 35.5. The van der Waals surface area contributed by atoms with Gasteiger partial charge in [-0.15, -0.1) is 0 Å². The molecule has 33 heavy (non-hydrogen) atoms. The molecule has 0 atom stereocenters. The van der Waals surface area contributed by atoms with Crippen molar-refractivity contribution in [3.05, 3.63) is 94.8 Å². The summed E-state index contributed by atoms with van der Waals surface area (Å²) in [4.78, 5) is 8.32. The van der Waals surface area contributed by atoms with Gasteiger partial charge in [-0.3, -0.25) is 0 Å². The van der Waals surface area contributed by atoms with Gasteiger partial charge in [0.1, 0.15) is 23.3 Å². The van der Waals surface area contributed by atoms with Crippen molar-refractivity contribution >= 4 is 11.6 Å². The number of hydrogen-bond acceptors (Lipinski definition) is 2. The highest BCUT2D eigenvalue weighted by Crippen LogP contribution is 2.31. The topological polar surface area (TPSA) is 25.8 Å². The van der Waals surface area contributed by atoms with Crippen molar-refractivity contribution in [1.29, 1.82) is 0 Å². The molecule has 1 aromatic heterocycles. The zero-order valence-corrected chi connectivity index (χ0v) is 18.4. The standard InChI is InChI=1S/C26H19ClF4N2/c1-2-3-4-15-9-23(30)25(24(31)10-15)18-13-32-26(33-14-18)17-5-7-19(21(28)12-17)16-6-8-20(27)22(29)11-16/h5-14H,2-4H2,1H3. The molecule has 0 aliphatic heterocycles. The summed E-state index contributed by atoms with van der Waals surface area (Å²) in [6.07, 6.45) is 4.98. The van der Waals surface area contributed by atoms with Gasteiger partial charge in [0.05, 0.1) is 10.6 Å². The molecule has 0 saturated carbocycles. The summed E-state index contributed by atoms with van der Waals surface area (Å²) >= 11 is 5.69. The second-order valence-electron chi connectivity index (χ2n) is 7.66. The second-order valence-corrected chi connectivity index (χ2v) is 8.06. The maximum absolute atomic E-state index is 14.7. The van der Waals surface area contributed by atoms with Gasteiger partial charge >= 0.3 is 0 Å². The number of hydrogen-bond donors (Lipinski definition) is 0. The van der Waals surface area contributed by atoms with Gasteiger partial charge in [0.15, 0.2) is 5.82 Å². The normalized spacial score (nSPS) is 11.1. The maximum Gasteiger partial charge on any atom is 0.159 e. The maximum atomic E-state index is 14.7. The smallest absolute Gasteiger partial charge is 0.159 e. The molecule has 0 bridgehead atoms. The number of benzene rings is 3. The molecule has 0 fully saturated rings. The number of halogens is 5. The Bertz CT molecular complexity index is 1280. The van der Waals surface area contributed by atoms with Crippen LogP contribution in [-0.2, 0) is 6.42 Å². The fourth-order valence-electron chi connectivity index (χ4n) is 3.58. The van der Waals surface area contributed by atoms with Crippen LogP contribution in [0.5, 0.6) is 0 Å². The first-order chi connectivity index (χ1) is 15.9. The van der Waals surface area contributed by atoms with Crippen molar-refractivity contribution in [3.8, 4) is 33.6 Å². The van der Waals surface area contributed by atoms with Crippen LogP contribution in [0.3, 0.4) is 0 Å². The Morgan fingerprint density at radius 3 is 1.97 bits per heavy atom. The van der Waals surface area contributed by atoms with E-state index in [1.54, 1.807) is 6.07 Å². The number of nitrogens with zero attached hydrogens (tertiary/aromatic N) is 2. The van der Waals surface area contributed by atoms with Gasteiger partial charge in [0.25, 0.3) is 0 Å². The lowest BCUT2D eigenvalue weighted by Gasteiger charge is -2.09. The van der Waals surface area contributed by atoms with E-state index in [2.05, 4.69) is 9.97 Å². The van der Waals surface area contributed by atoms with Gasteiger partial charge < -0.3 is 0 Å². The number of rotatable bonds is 6. The summed E-state index contributed by atoms with van der Waals surface area (Å²) < 4.78 is 57.6. The largest absolute Gasteiger partial charge is 0.236 e. The molecule has 0 saturated heterocycles. The Balaban J connectivity index is 1.61. The molecule has 0 amide bonds. The summed E-state index contributed by atoms with van der Waals surface area (Å²) in [6, 6.07) is 11.0. The average molecular weight is 471 g/mol. The van der Waals surface area contributed by atoms with E-state index >= 15 is 0 Å². The molecule has 1 heterocycles. The lowest BCUT2D eigenvalue weighted by molar-refractivity contribution is 0.584. The molecule has 0 aliphatic rings. The summed E-state index contributed by atoms with van der Waals surface area (Å²) in [5.41, 5.74) is 1.48. The minimum absolute atomic E-state index is 0.0484. The zero-order valence-electron chi connectivity index (χ0n) is 17.7. The van der Waals surface area contributed by atoms with Crippen LogP contribution in [0.15, 0.2) is 60.9 Å². The molecule has 0 spiro atoms. The molecule has 0 aliphatic carbocycles. The minimum Gasteiger partial charge on any atom is -0.236 e. The van der Waals surface area contributed by atoms with Crippen LogP contribution in [-0.4, -0.2) is 9.97 Å². The quantitative estimate of drug-likeness (QED) is 0.266. The van der Waals surface area contributed by atoms with Gasteiger partial charge in [-0.05, 0) is 54.3 Å². The molecule has 0 unspecified atom stereocenters. The second kappa shape index (κ2) is 9.71. The van der Waals surface area contributed by atoms with Crippen LogP contribution >= 0.6 is 11.6 Å². The van der Waals surface area contributed by atoms with Crippen LogP contribution in [0.25, 0.3) is 33.6 Å². The molecule has 0 radical (unpaired) electrons. The van der Waals surface area contributed by atoms with Crippen LogP contribution in [0.1, 0.15) is 25.3 Å². The fraction of sp³-hybridized carbons (Fsp3) is 0.154. The molecule has 7 heteroatoms. The highest BCUT2D eigenvalue weighted by molar-refractivity contribution is 6.30. The van der Waals surface area contributed by atoms with Crippen LogP contribution in [0.2, 0.25) is 5.02 Å². The van der Waals surface area contributed by atoms with E-state index in [0.29, 0.717) is 23.1 Å². The van der Waals surface area contributed by atoms with Crippen molar-refractivity contribution in [2.24, 2.45) is 0 Å². The van der Waals surface area contributed by atoms with E-state index in [0.717, 1.165) is 18.9 Å². The van der Waals surface area contributed by atoms with E-state index in [4.69, 9.17) is 11.6 Å². The molecule has 4 rings (SSSR count). The third kappa shape index (κ3) is 4.91. The van der Waals surface area contributed by atoms with Crippen molar-refractivity contribution in [3.63, 3.8) is 0 Å². The van der Waals surface area contributed by atoms with Crippen LogP contribution in [0, 0.1) is 23.3 Å². The lowest BCUT2D eigenvalue weighted by atomic mass is 10.0. The van der Waals surface area contributed by atoms with E-state index in [1.165, 1.54) is 48.8 Å². The van der Waals surface area contributed by atoms with Crippen molar-refractivity contribution in [1.82, 2.24) is 9.97 Å². The molecule has 4 aromatic rings. The number of unbranched alkanes of at least 4 members (excludes halogenated alkanes) is 1. The first-order valence-electron chi connectivity index (χ1n) is 10.4. The minimum atomic E-state index is -0.678. The summed E-state index contributed by atoms with van der Waals surface area (Å²) in [6.45, 7) is 2.01. The van der Waals surface area contributed by atoms with E-state index in [1.807, 2.05) is 6.92 Å². The first-order valence-corrected chi connectivity index (χ1v) is 10.8. The Labute approximate surface area is 193 Å². The number of aromatic nitrogens is 2. The Morgan fingerprint density at radius 1 is 0.727 bits per heavy atom. The molecular formula is C26H19ClF4N2. The zero-order chi connectivity index (χ0) is 23.5. The third-order valence-electron chi connectivity index (χ3n) is 5.32. The average Bonchev–Trinajstić information content (AvgIpc) is 2.79. The van der Waals surface area contributed by atoms with Gasteiger partial charge in [0.2, 0.25) is 0 Å². The Morgan fingerprint density at radius 2 is 1.36 bits per heavy atom. The first kappa shape index (κ1) is 22.9. The fourth-order valence-corrected chi connectivity index (χ4v) is 3.70. The van der Waals surface area contributed by atoms with Crippen molar-refractivity contribution in [2.45, 2.75) is 26.2 Å². The summed E-state index contributed by atoms with van der Waals surface area (Å²) in [5.74, 6) is -2.41. The van der Waals surface area contributed by atoms with E-state index < -0.39 is 23.3 Å². The van der Waals surface area contributed by atoms with E-state index in [9.17, 15) is 17.6 Å². The summed E-state index contributed by atoms with van der Waals surface area (Å²) in [7, 11) is 0. The number of aryl methyl sites for hydroxylation is 1. The van der Waals surface area contributed by atoms with Crippen LogP contribution in [0.4, 0.5) is 17.6 Å². The van der Waals surface area contributed by atoms with Gasteiger partial charge in [-0.2, -0.15) is 0 Å². The van der Waals surface area contributed by atoms with Crippen LogP contribution < -0.4 is 0 Å². The van der Waals surface area contributed by atoms with Crippen molar-refractivity contribution < 1.29 is 17.6 Å². The predicted octanol–water partition coefficient (Wildman–Crippen LogP) is 8.03. The predicted molar refractivity (Wildman–Crippen MR) is 122 cm³/mol. The lowest BCUT2D eigenvalue weighted by Crippen LogP contribution is -1.97. The van der Waals surface area contributed by atoms with Gasteiger partial charge in [-0.25, -0.2) is 27.5 Å². The van der Waals surface area contributed by atoms with E-state index in [-0.39, 0.29) is 27.5 Å². The molecular weight excluding hydrogens is 452 g/mol. The Kier molecular flexibility index (Phi) is 6.75. The SMILES string of the molecule is CCCCc1cc(F)c(-c2cnc(-c3ccc(-c4ccc(Cl)c(F)c4)c(F)c3)nc2)c(F)c1. The molecule has 2 nitrogen and oxygen atoms in total.